The summed E-state index contributed by atoms with van der Waals surface area (Å²) in [6.45, 7) is 6.20. The maximum absolute atomic E-state index is 11.7. The molecule has 1 aromatic heterocycles. The van der Waals surface area contributed by atoms with E-state index in [4.69, 9.17) is 0 Å². The molecule has 86 valence electrons. The fourth-order valence-corrected chi connectivity index (χ4v) is 2.14. The predicted molar refractivity (Wildman–Crippen MR) is 58.0 cm³/mol. The molecule has 1 unspecified atom stereocenters. The average molecular weight is 231 g/mol. The summed E-state index contributed by atoms with van der Waals surface area (Å²) in [7, 11) is -3.41. The molecule has 1 heterocycles. The van der Waals surface area contributed by atoms with Gasteiger partial charge in [-0.15, -0.1) is 0 Å². The third-order valence-corrected chi connectivity index (χ3v) is 3.62. The lowest BCUT2D eigenvalue weighted by molar-refractivity contribution is 0.527. The smallest absolute Gasteiger partial charge is 0.257 e. The Morgan fingerprint density at radius 1 is 1.60 bits per heavy atom. The van der Waals surface area contributed by atoms with E-state index < -0.39 is 10.0 Å². The van der Waals surface area contributed by atoms with Crippen LogP contribution in [0.5, 0.6) is 0 Å². The van der Waals surface area contributed by atoms with E-state index in [-0.39, 0.29) is 5.03 Å². The first-order chi connectivity index (χ1) is 6.95. The quantitative estimate of drug-likeness (QED) is 0.795. The number of nitrogens with one attached hydrogen (secondary N) is 2. The number of hydrogen-bond acceptors (Lipinski definition) is 3. The number of H-pyrrole nitrogens is 1. The number of hydrogen-bond donors (Lipinski definition) is 2. The number of aryl methyl sites for hydroxylation is 1. The molecule has 1 aromatic rings. The van der Waals surface area contributed by atoms with Crippen LogP contribution in [0, 0.1) is 12.8 Å². The van der Waals surface area contributed by atoms with Crippen molar-refractivity contribution in [3.63, 3.8) is 0 Å². The average Bonchev–Trinajstić information content (AvgIpc) is 2.62. The van der Waals surface area contributed by atoms with Gasteiger partial charge in [0, 0.05) is 6.54 Å². The van der Waals surface area contributed by atoms with Gasteiger partial charge in [0.05, 0.1) is 6.20 Å². The Kier molecular flexibility index (Phi) is 3.87. The molecule has 2 N–H and O–H groups in total. The van der Waals surface area contributed by atoms with Crippen LogP contribution < -0.4 is 4.72 Å². The highest BCUT2D eigenvalue weighted by Crippen LogP contribution is 2.06. The Bertz CT molecular complexity index is 411. The standard InChI is InChI=1S/C9H17N3O2S/c1-4-7(2)5-11-15(13,14)9-6-10-8(3)12-9/h6-7,11H,4-5H2,1-3H3,(H,10,12). The molecule has 0 radical (unpaired) electrons. The zero-order valence-corrected chi connectivity index (χ0v) is 10.1. The molecule has 0 aliphatic rings. The first kappa shape index (κ1) is 12.2. The van der Waals surface area contributed by atoms with E-state index in [1.165, 1.54) is 6.20 Å². The minimum Gasteiger partial charge on any atom is -0.332 e. The maximum atomic E-state index is 11.7. The fraction of sp³-hybridized carbons (Fsp3) is 0.667. The van der Waals surface area contributed by atoms with Crippen molar-refractivity contribution in [3.05, 3.63) is 12.0 Å². The van der Waals surface area contributed by atoms with Crippen LogP contribution in [0.4, 0.5) is 0 Å². The number of aromatic amines is 1. The highest BCUT2D eigenvalue weighted by molar-refractivity contribution is 7.89. The molecule has 0 amide bonds. The Hall–Kier alpha value is -0.880. The molecule has 0 saturated carbocycles. The summed E-state index contributed by atoms with van der Waals surface area (Å²) < 4.78 is 25.9. The molecule has 0 saturated heterocycles. The Morgan fingerprint density at radius 3 is 2.73 bits per heavy atom. The van der Waals surface area contributed by atoms with Gasteiger partial charge in [-0.2, -0.15) is 0 Å². The van der Waals surface area contributed by atoms with Crippen LogP contribution in [0.2, 0.25) is 0 Å². The zero-order valence-electron chi connectivity index (χ0n) is 9.24. The molecule has 15 heavy (non-hydrogen) atoms. The van der Waals surface area contributed by atoms with Crippen LogP contribution >= 0.6 is 0 Å². The monoisotopic (exact) mass is 231 g/mol. The lowest BCUT2D eigenvalue weighted by Gasteiger charge is -2.09. The van der Waals surface area contributed by atoms with Crippen LogP contribution in [0.3, 0.4) is 0 Å². The summed E-state index contributed by atoms with van der Waals surface area (Å²) in [5.41, 5.74) is 0. The molecule has 1 atom stereocenters. The first-order valence-corrected chi connectivity index (χ1v) is 6.45. The number of aromatic nitrogens is 2. The van der Waals surface area contributed by atoms with Gasteiger partial charge < -0.3 is 4.98 Å². The highest BCUT2D eigenvalue weighted by atomic mass is 32.2. The lowest BCUT2D eigenvalue weighted by atomic mass is 10.1. The van der Waals surface area contributed by atoms with Crippen LogP contribution in [0.15, 0.2) is 11.2 Å². The number of sulfonamides is 1. The van der Waals surface area contributed by atoms with Crippen LogP contribution in [-0.2, 0) is 10.0 Å². The molecule has 0 spiro atoms. The summed E-state index contributed by atoms with van der Waals surface area (Å²) in [5.74, 6) is 0.933. The van der Waals surface area contributed by atoms with E-state index in [1.54, 1.807) is 6.92 Å². The molecule has 0 aliphatic heterocycles. The topological polar surface area (TPSA) is 74.8 Å². The summed E-state index contributed by atoms with van der Waals surface area (Å²) >= 11 is 0. The zero-order chi connectivity index (χ0) is 11.5. The lowest BCUT2D eigenvalue weighted by Crippen LogP contribution is -2.28. The molecule has 0 aromatic carbocycles. The minimum absolute atomic E-state index is 0.128. The van der Waals surface area contributed by atoms with Crippen LogP contribution in [-0.4, -0.2) is 24.9 Å². The number of imidazole rings is 1. The van der Waals surface area contributed by atoms with Crippen molar-refractivity contribution in [3.8, 4) is 0 Å². The van der Waals surface area contributed by atoms with Crippen LogP contribution in [0.1, 0.15) is 26.1 Å². The van der Waals surface area contributed by atoms with Crippen molar-refractivity contribution in [2.45, 2.75) is 32.2 Å². The second-order valence-corrected chi connectivity index (χ2v) is 5.43. The van der Waals surface area contributed by atoms with Gasteiger partial charge in [-0.25, -0.2) is 18.1 Å². The molecule has 0 bridgehead atoms. The first-order valence-electron chi connectivity index (χ1n) is 4.97. The van der Waals surface area contributed by atoms with Gasteiger partial charge in [0.25, 0.3) is 10.0 Å². The molecule has 0 aliphatic carbocycles. The summed E-state index contributed by atoms with van der Waals surface area (Å²) in [4.78, 5) is 6.55. The van der Waals surface area contributed by atoms with E-state index in [0.717, 1.165) is 6.42 Å². The second-order valence-electron chi connectivity index (χ2n) is 3.70. The van der Waals surface area contributed by atoms with E-state index in [9.17, 15) is 8.42 Å². The Labute approximate surface area is 90.4 Å². The number of rotatable bonds is 5. The highest BCUT2D eigenvalue weighted by Gasteiger charge is 2.16. The summed E-state index contributed by atoms with van der Waals surface area (Å²) in [6, 6.07) is 0. The van der Waals surface area contributed by atoms with Gasteiger partial charge in [0.1, 0.15) is 5.82 Å². The SMILES string of the molecule is CCC(C)CNS(=O)(=O)c1cnc(C)[nH]1. The molecular formula is C9H17N3O2S. The second kappa shape index (κ2) is 4.76. The van der Waals surface area contributed by atoms with Gasteiger partial charge in [0.2, 0.25) is 0 Å². The fourth-order valence-electron chi connectivity index (χ4n) is 1.01. The van der Waals surface area contributed by atoms with Crippen LogP contribution in [0.25, 0.3) is 0 Å². The largest absolute Gasteiger partial charge is 0.332 e. The molecular weight excluding hydrogens is 214 g/mol. The van der Waals surface area contributed by atoms with E-state index in [2.05, 4.69) is 14.7 Å². The molecule has 5 nitrogen and oxygen atoms in total. The van der Waals surface area contributed by atoms with Crippen molar-refractivity contribution in [1.82, 2.24) is 14.7 Å². The van der Waals surface area contributed by atoms with Gasteiger partial charge in [0.15, 0.2) is 5.03 Å². The minimum atomic E-state index is -3.41. The van der Waals surface area contributed by atoms with E-state index in [1.807, 2.05) is 13.8 Å². The third kappa shape index (κ3) is 3.32. The molecule has 6 heteroatoms. The number of nitrogens with zero attached hydrogens (tertiary/aromatic N) is 1. The Morgan fingerprint density at radius 2 is 2.27 bits per heavy atom. The summed E-state index contributed by atoms with van der Waals surface area (Å²) in [5, 5.41) is 0.128. The maximum Gasteiger partial charge on any atom is 0.257 e. The molecule has 0 fully saturated rings. The van der Waals surface area contributed by atoms with Crippen molar-refractivity contribution in [1.29, 1.82) is 0 Å². The van der Waals surface area contributed by atoms with E-state index in [0.29, 0.717) is 18.3 Å². The predicted octanol–water partition coefficient (Wildman–Crippen LogP) is 1.04. The third-order valence-electron chi connectivity index (χ3n) is 2.29. The Balaban J connectivity index is 2.68. The van der Waals surface area contributed by atoms with Gasteiger partial charge in [-0.1, -0.05) is 20.3 Å². The normalized spacial score (nSPS) is 14.1. The van der Waals surface area contributed by atoms with Crippen molar-refractivity contribution in [2.24, 2.45) is 5.92 Å². The van der Waals surface area contributed by atoms with Crippen molar-refractivity contribution >= 4 is 10.0 Å². The summed E-state index contributed by atoms with van der Waals surface area (Å²) in [6.07, 6.45) is 2.28. The van der Waals surface area contributed by atoms with Crippen molar-refractivity contribution in [2.75, 3.05) is 6.54 Å². The van der Waals surface area contributed by atoms with Crippen molar-refractivity contribution < 1.29 is 8.42 Å². The van der Waals surface area contributed by atoms with Gasteiger partial charge in [-0.3, -0.25) is 0 Å². The van der Waals surface area contributed by atoms with Gasteiger partial charge >= 0.3 is 0 Å². The molecule has 1 rings (SSSR count). The van der Waals surface area contributed by atoms with Gasteiger partial charge in [-0.05, 0) is 12.8 Å². The van der Waals surface area contributed by atoms with E-state index >= 15 is 0 Å².